The molecule has 1 amide bonds. The number of carbonyl (C=O) groups excluding carboxylic acids is 1. The summed E-state index contributed by atoms with van der Waals surface area (Å²) in [4.78, 5) is 12.0. The van der Waals surface area contributed by atoms with Gasteiger partial charge in [-0.1, -0.05) is 26.0 Å². The van der Waals surface area contributed by atoms with E-state index in [9.17, 15) is 4.79 Å². The molecule has 0 aliphatic carbocycles. The third-order valence-electron chi connectivity index (χ3n) is 3.38. The second kappa shape index (κ2) is 5.36. The molecule has 0 atom stereocenters. The van der Waals surface area contributed by atoms with Crippen LogP contribution in [0.3, 0.4) is 0 Å². The van der Waals surface area contributed by atoms with Crippen LogP contribution in [0.4, 0.5) is 5.69 Å². The quantitative estimate of drug-likeness (QED) is 0.803. The first-order chi connectivity index (χ1) is 8.58. The van der Waals surface area contributed by atoms with Crippen molar-refractivity contribution in [2.75, 3.05) is 18.4 Å². The third-order valence-corrected chi connectivity index (χ3v) is 3.38. The van der Waals surface area contributed by atoms with E-state index < -0.39 is 0 Å². The molecule has 2 N–H and O–H groups in total. The molecule has 1 heterocycles. The number of hydrogen-bond donors (Lipinski definition) is 2. The number of nitrogens with one attached hydrogen (secondary N) is 2. The van der Waals surface area contributed by atoms with Crippen molar-refractivity contribution in [3.05, 3.63) is 41.0 Å². The van der Waals surface area contributed by atoms with Crippen LogP contribution in [0.2, 0.25) is 0 Å². The van der Waals surface area contributed by atoms with Gasteiger partial charge >= 0.3 is 0 Å². The highest BCUT2D eigenvalue weighted by Gasteiger charge is 2.15. The van der Waals surface area contributed by atoms with Gasteiger partial charge in [0.2, 0.25) is 0 Å². The van der Waals surface area contributed by atoms with Crippen molar-refractivity contribution in [1.82, 2.24) is 5.32 Å². The molecular formula is C15H20N2O. The molecule has 0 saturated carbocycles. The Morgan fingerprint density at radius 2 is 1.83 bits per heavy atom. The first-order valence-corrected chi connectivity index (χ1v) is 6.38. The molecule has 18 heavy (non-hydrogen) atoms. The first-order valence-electron chi connectivity index (χ1n) is 6.38. The summed E-state index contributed by atoms with van der Waals surface area (Å²) in [5.41, 5.74) is 4.18. The van der Waals surface area contributed by atoms with Crippen LogP contribution in [0.5, 0.6) is 0 Å². The van der Waals surface area contributed by atoms with Gasteiger partial charge in [-0.25, -0.2) is 0 Å². The van der Waals surface area contributed by atoms with Crippen LogP contribution in [0.15, 0.2) is 35.4 Å². The zero-order chi connectivity index (χ0) is 13.1. The molecule has 0 aromatic heterocycles. The average Bonchev–Trinajstić information content (AvgIpc) is 2.27. The zero-order valence-corrected chi connectivity index (χ0v) is 11.2. The lowest BCUT2D eigenvalue weighted by atomic mass is 10.0. The summed E-state index contributed by atoms with van der Waals surface area (Å²) >= 11 is 0. The number of amides is 1. The van der Waals surface area contributed by atoms with Crippen LogP contribution in [0.1, 0.15) is 32.3 Å². The largest absolute Gasteiger partial charge is 0.322 e. The summed E-state index contributed by atoms with van der Waals surface area (Å²) in [6.45, 7) is 7.88. The minimum absolute atomic E-state index is 0.00352. The van der Waals surface area contributed by atoms with Gasteiger partial charge in [-0.2, -0.15) is 0 Å². The number of carbonyl (C=O) groups is 1. The lowest BCUT2D eigenvalue weighted by molar-refractivity contribution is -0.112. The Morgan fingerprint density at radius 1 is 1.22 bits per heavy atom. The molecule has 3 nitrogen and oxygen atoms in total. The lowest BCUT2D eigenvalue weighted by Gasteiger charge is -2.21. The standard InChI is InChI=1S/C15H20N2O/c1-10(2)12-4-6-14(7-5-12)17-15(18)11(3)13-8-16-9-13/h4-7,10,16H,8-9H2,1-3H3,(H,17,18). The van der Waals surface area contributed by atoms with E-state index in [2.05, 4.69) is 36.6 Å². The van der Waals surface area contributed by atoms with Gasteiger partial charge in [0.15, 0.2) is 0 Å². The number of hydrogen-bond acceptors (Lipinski definition) is 2. The van der Waals surface area contributed by atoms with Gasteiger partial charge in [0.05, 0.1) is 0 Å². The molecule has 1 aromatic carbocycles. The number of benzene rings is 1. The molecule has 0 radical (unpaired) electrons. The van der Waals surface area contributed by atoms with Gasteiger partial charge in [0, 0.05) is 24.4 Å². The summed E-state index contributed by atoms with van der Waals surface area (Å²) in [7, 11) is 0. The van der Waals surface area contributed by atoms with Crippen LogP contribution >= 0.6 is 0 Å². The van der Waals surface area contributed by atoms with Gasteiger partial charge in [-0.05, 0) is 36.1 Å². The highest BCUT2D eigenvalue weighted by molar-refractivity contribution is 6.04. The van der Waals surface area contributed by atoms with E-state index in [1.165, 1.54) is 11.1 Å². The Morgan fingerprint density at radius 3 is 2.28 bits per heavy atom. The molecule has 1 aromatic rings. The highest BCUT2D eigenvalue weighted by Crippen LogP contribution is 2.18. The lowest BCUT2D eigenvalue weighted by Crippen LogP contribution is -2.36. The molecule has 0 spiro atoms. The number of anilines is 1. The van der Waals surface area contributed by atoms with E-state index >= 15 is 0 Å². The Balaban J connectivity index is 2.03. The summed E-state index contributed by atoms with van der Waals surface area (Å²) < 4.78 is 0. The SMILES string of the molecule is CC(C(=O)Nc1ccc(C(C)C)cc1)=C1CNC1. The van der Waals surface area contributed by atoms with Gasteiger partial charge in [-0.15, -0.1) is 0 Å². The summed E-state index contributed by atoms with van der Waals surface area (Å²) in [5.74, 6) is 0.517. The molecule has 3 heteroatoms. The zero-order valence-electron chi connectivity index (χ0n) is 11.2. The maximum Gasteiger partial charge on any atom is 0.251 e. The second-order valence-corrected chi connectivity index (χ2v) is 5.06. The molecule has 1 aliphatic heterocycles. The molecule has 1 aliphatic rings. The van der Waals surface area contributed by atoms with Crippen LogP contribution < -0.4 is 10.6 Å². The van der Waals surface area contributed by atoms with E-state index in [1.54, 1.807) is 0 Å². The molecule has 1 saturated heterocycles. The monoisotopic (exact) mass is 244 g/mol. The fourth-order valence-corrected chi connectivity index (χ4v) is 1.85. The molecule has 0 unspecified atom stereocenters. The topological polar surface area (TPSA) is 41.1 Å². The van der Waals surface area contributed by atoms with Crippen molar-refractivity contribution in [2.24, 2.45) is 0 Å². The Hall–Kier alpha value is -1.61. The van der Waals surface area contributed by atoms with Crippen molar-refractivity contribution in [2.45, 2.75) is 26.7 Å². The fraction of sp³-hybridized carbons (Fsp3) is 0.400. The van der Waals surface area contributed by atoms with Crippen molar-refractivity contribution < 1.29 is 4.79 Å². The van der Waals surface area contributed by atoms with Crippen molar-refractivity contribution in [1.29, 1.82) is 0 Å². The predicted molar refractivity (Wildman–Crippen MR) is 74.7 cm³/mol. The van der Waals surface area contributed by atoms with Gasteiger partial charge in [0.1, 0.15) is 0 Å². The van der Waals surface area contributed by atoms with E-state index in [4.69, 9.17) is 0 Å². The fourth-order valence-electron chi connectivity index (χ4n) is 1.85. The van der Waals surface area contributed by atoms with Gasteiger partial charge in [-0.3, -0.25) is 4.79 Å². The molecule has 0 bridgehead atoms. The maximum atomic E-state index is 12.0. The number of rotatable bonds is 3. The predicted octanol–water partition coefficient (Wildman–Crippen LogP) is 2.67. The van der Waals surface area contributed by atoms with E-state index in [-0.39, 0.29) is 5.91 Å². The van der Waals surface area contributed by atoms with Crippen LogP contribution in [0, 0.1) is 0 Å². The van der Waals surface area contributed by atoms with Crippen LogP contribution in [-0.2, 0) is 4.79 Å². The normalized spacial score (nSPS) is 14.3. The van der Waals surface area contributed by atoms with E-state index in [0.717, 1.165) is 24.4 Å². The highest BCUT2D eigenvalue weighted by atomic mass is 16.1. The van der Waals surface area contributed by atoms with Crippen molar-refractivity contribution >= 4 is 11.6 Å². The van der Waals surface area contributed by atoms with Crippen molar-refractivity contribution in [3.63, 3.8) is 0 Å². The third kappa shape index (κ3) is 2.79. The average molecular weight is 244 g/mol. The van der Waals surface area contributed by atoms with Crippen molar-refractivity contribution in [3.8, 4) is 0 Å². The summed E-state index contributed by atoms with van der Waals surface area (Å²) in [6.07, 6.45) is 0. The molecule has 1 fully saturated rings. The van der Waals surface area contributed by atoms with Gasteiger partial charge in [0.25, 0.3) is 5.91 Å². The second-order valence-electron chi connectivity index (χ2n) is 5.06. The minimum atomic E-state index is 0.00352. The molecule has 2 rings (SSSR count). The Labute approximate surface area is 108 Å². The van der Waals surface area contributed by atoms with Crippen LogP contribution in [0.25, 0.3) is 0 Å². The molecule has 96 valence electrons. The summed E-state index contributed by atoms with van der Waals surface area (Å²) in [6, 6.07) is 8.05. The van der Waals surface area contributed by atoms with E-state index in [1.807, 2.05) is 19.1 Å². The smallest absolute Gasteiger partial charge is 0.251 e. The first kappa shape index (κ1) is 12.8. The van der Waals surface area contributed by atoms with Crippen LogP contribution in [-0.4, -0.2) is 19.0 Å². The minimum Gasteiger partial charge on any atom is -0.322 e. The van der Waals surface area contributed by atoms with Gasteiger partial charge < -0.3 is 10.6 Å². The Kier molecular flexibility index (Phi) is 3.82. The maximum absolute atomic E-state index is 12.0. The molecular weight excluding hydrogens is 224 g/mol. The van der Waals surface area contributed by atoms with E-state index in [0.29, 0.717) is 5.92 Å². The Bertz CT molecular complexity index is 466. The summed E-state index contributed by atoms with van der Waals surface area (Å²) in [5, 5.41) is 6.08.